The summed E-state index contributed by atoms with van der Waals surface area (Å²) in [6.07, 6.45) is 1.35. The number of H-pyrrole nitrogens is 1. The fourth-order valence-electron chi connectivity index (χ4n) is 3.80. The average Bonchev–Trinajstić information content (AvgIpc) is 3.04. The first-order chi connectivity index (χ1) is 13.1. The Bertz CT molecular complexity index is 932. The van der Waals surface area contributed by atoms with Gasteiger partial charge in [0.15, 0.2) is 5.69 Å². The molecular formula is C20H22BrN3O4. The van der Waals surface area contributed by atoms with Crippen LogP contribution in [0.3, 0.4) is 0 Å². The number of imidazole rings is 1. The molecule has 1 aromatic carbocycles. The number of nitrogens with zero attached hydrogens (tertiary/aromatic N) is 2. The van der Waals surface area contributed by atoms with Gasteiger partial charge in [-0.05, 0) is 51.7 Å². The zero-order chi connectivity index (χ0) is 20.2. The summed E-state index contributed by atoms with van der Waals surface area (Å²) in [4.78, 5) is 33.8. The normalized spacial score (nSPS) is 23.4. The summed E-state index contributed by atoms with van der Waals surface area (Å²) in [5, 5.41) is 9.64. The van der Waals surface area contributed by atoms with E-state index in [9.17, 15) is 14.7 Å². The number of carbonyl (C=O) groups excluding carboxylic acids is 1. The van der Waals surface area contributed by atoms with Crippen molar-refractivity contribution in [2.24, 2.45) is 5.92 Å². The van der Waals surface area contributed by atoms with Gasteiger partial charge < -0.3 is 14.8 Å². The molecule has 2 aromatic rings. The van der Waals surface area contributed by atoms with E-state index in [4.69, 9.17) is 4.74 Å². The maximum absolute atomic E-state index is 12.8. The molecule has 0 bridgehead atoms. The van der Waals surface area contributed by atoms with Gasteiger partial charge in [-0.25, -0.2) is 14.6 Å². The molecule has 0 spiro atoms. The fraction of sp³-hybridized carbons (Fsp3) is 0.450. The molecule has 1 aromatic heterocycles. The highest BCUT2D eigenvalue weighted by molar-refractivity contribution is 9.10. The molecule has 2 heterocycles. The first-order valence-corrected chi connectivity index (χ1v) is 10.0. The molecule has 28 heavy (non-hydrogen) atoms. The number of aromatic carboxylic acids is 1. The molecule has 3 atom stereocenters. The molecule has 2 fully saturated rings. The van der Waals surface area contributed by atoms with Crippen molar-refractivity contribution in [3.05, 3.63) is 40.3 Å². The second-order valence-corrected chi connectivity index (χ2v) is 9.28. The van der Waals surface area contributed by atoms with E-state index in [-0.39, 0.29) is 23.9 Å². The van der Waals surface area contributed by atoms with Crippen LogP contribution in [0.15, 0.2) is 28.7 Å². The summed E-state index contributed by atoms with van der Waals surface area (Å²) >= 11 is 3.38. The van der Waals surface area contributed by atoms with E-state index in [2.05, 4.69) is 25.9 Å². The third-order valence-corrected chi connectivity index (χ3v) is 5.61. The zero-order valence-electron chi connectivity index (χ0n) is 15.9. The third kappa shape index (κ3) is 3.53. The van der Waals surface area contributed by atoms with Crippen molar-refractivity contribution in [1.82, 2.24) is 14.9 Å². The van der Waals surface area contributed by atoms with E-state index in [1.54, 1.807) is 4.90 Å². The van der Waals surface area contributed by atoms with Gasteiger partial charge in [-0.2, -0.15) is 0 Å². The number of carboxylic acid groups (broad SMARTS) is 1. The number of hydrogen-bond donors (Lipinski definition) is 2. The third-order valence-electron chi connectivity index (χ3n) is 5.08. The molecule has 1 amide bonds. The smallest absolute Gasteiger partial charge is 0.411 e. The Morgan fingerprint density at radius 2 is 1.93 bits per heavy atom. The number of fused-ring (bicyclic) bond motifs is 1. The summed E-state index contributed by atoms with van der Waals surface area (Å²) in [5.74, 6) is -0.163. The number of halogens is 1. The van der Waals surface area contributed by atoms with Crippen molar-refractivity contribution >= 4 is 28.0 Å². The van der Waals surface area contributed by atoms with Crippen molar-refractivity contribution in [3.8, 4) is 11.3 Å². The van der Waals surface area contributed by atoms with Gasteiger partial charge in [-0.3, -0.25) is 4.90 Å². The number of piperidine rings is 1. The van der Waals surface area contributed by atoms with Crippen molar-refractivity contribution in [2.45, 2.75) is 51.3 Å². The Morgan fingerprint density at radius 1 is 1.25 bits per heavy atom. The first-order valence-electron chi connectivity index (χ1n) is 9.24. The number of benzene rings is 1. The summed E-state index contributed by atoms with van der Waals surface area (Å²) in [5.41, 5.74) is 0.517. The largest absolute Gasteiger partial charge is 0.477 e. The van der Waals surface area contributed by atoms with Gasteiger partial charge in [0.25, 0.3) is 0 Å². The number of rotatable bonds is 3. The van der Waals surface area contributed by atoms with Gasteiger partial charge in [-0.1, -0.05) is 28.1 Å². The molecule has 1 saturated carbocycles. The molecule has 2 N–H and O–H groups in total. The van der Waals surface area contributed by atoms with E-state index in [0.717, 1.165) is 17.3 Å². The number of carboxylic acids is 1. The predicted octanol–water partition coefficient (Wildman–Crippen LogP) is 4.61. The Morgan fingerprint density at radius 3 is 2.54 bits per heavy atom. The van der Waals surface area contributed by atoms with Crippen LogP contribution in [0, 0.1) is 5.92 Å². The van der Waals surface area contributed by atoms with Crippen LogP contribution in [0.25, 0.3) is 11.3 Å². The summed E-state index contributed by atoms with van der Waals surface area (Å²) in [7, 11) is 0. The summed E-state index contributed by atoms with van der Waals surface area (Å²) in [6.45, 7) is 5.50. The highest BCUT2D eigenvalue weighted by atomic mass is 79.9. The first kappa shape index (κ1) is 19.0. The minimum Gasteiger partial charge on any atom is -0.477 e. The molecule has 2 aliphatic rings. The van der Waals surface area contributed by atoms with Gasteiger partial charge in [0, 0.05) is 16.1 Å². The number of aromatic nitrogens is 2. The molecule has 8 heteroatoms. The van der Waals surface area contributed by atoms with Gasteiger partial charge in [0.05, 0.1) is 6.04 Å². The molecular weight excluding hydrogens is 426 g/mol. The van der Waals surface area contributed by atoms with Gasteiger partial charge in [0.2, 0.25) is 0 Å². The van der Waals surface area contributed by atoms with Crippen LogP contribution in [-0.4, -0.2) is 43.7 Å². The lowest BCUT2D eigenvalue weighted by Crippen LogP contribution is -2.38. The summed E-state index contributed by atoms with van der Waals surface area (Å²) in [6, 6.07) is 7.15. The van der Waals surface area contributed by atoms with Crippen molar-refractivity contribution in [1.29, 1.82) is 0 Å². The van der Waals surface area contributed by atoms with E-state index in [1.807, 2.05) is 45.0 Å². The average molecular weight is 448 g/mol. The standard InChI is InChI=1S/C20H22BrN3O4/c1-20(2,3)28-19(27)24-13-8-11(13)9-14(24)17-22-15(16(23-17)18(25)26)10-4-6-12(21)7-5-10/h4-7,11,13-14H,8-9H2,1-3H3,(H,22,23)(H,25,26)/t11-,13+,14-/m0/s1. The summed E-state index contributed by atoms with van der Waals surface area (Å²) < 4.78 is 6.48. The number of amides is 1. The lowest BCUT2D eigenvalue weighted by Gasteiger charge is -2.29. The SMILES string of the molecule is CC(C)(C)OC(=O)N1[C@@H]2C[C@H]2C[C@H]1c1nc(-c2ccc(Br)cc2)c(C(=O)O)[nH]1. The number of aromatic amines is 1. The highest BCUT2D eigenvalue weighted by Crippen LogP contribution is 2.53. The molecule has 0 unspecified atom stereocenters. The van der Waals surface area contributed by atoms with E-state index in [0.29, 0.717) is 23.0 Å². The lowest BCUT2D eigenvalue weighted by molar-refractivity contribution is 0.0175. The second-order valence-electron chi connectivity index (χ2n) is 8.36. The highest BCUT2D eigenvalue weighted by Gasteiger charge is 2.56. The fourth-order valence-corrected chi connectivity index (χ4v) is 4.06. The number of likely N-dealkylation sites (tertiary alicyclic amines) is 1. The van der Waals surface area contributed by atoms with E-state index in [1.165, 1.54) is 0 Å². The van der Waals surface area contributed by atoms with Gasteiger partial charge in [-0.15, -0.1) is 0 Å². The topological polar surface area (TPSA) is 95.5 Å². The van der Waals surface area contributed by atoms with E-state index < -0.39 is 11.6 Å². The van der Waals surface area contributed by atoms with Crippen LogP contribution in [0.1, 0.15) is 56.0 Å². The van der Waals surface area contributed by atoms with Crippen molar-refractivity contribution in [3.63, 3.8) is 0 Å². The van der Waals surface area contributed by atoms with Crippen LogP contribution in [-0.2, 0) is 4.74 Å². The minimum atomic E-state index is -1.08. The Hall–Kier alpha value is -2.35. The Labute approximate surface area is 171 Å². The molecule has 1 saturated heterocycles. The minimum absolute atomic E-state index is 0.0297. The van der Waals surface area contributed by atoms with Gasteiger partial charge in [0.1, 0.15) is 17.1 Å². The monoisotopic (exact) mass is 447 g/mol. The van der Waals surface area contributed by atoms with Crippen LogP contribution in [0.2, 0.25) is 0 Å². The van der Waals surface area contributed by atoms with Crippen LogP contribution in [0.4, 0.5) is 4.79 Å². The molecule has 1 aliphatic carbocycles. The molecule has 0 radical (unpaired) electrons. The lowest BCUT2D eigenvalue weighted by atomic mass is 10.1. The van der Waals surface area contributed by atoms with E-state index >= 15 is 0 Å². The number of carbonyl (C=O) groups is 2. The maximum atomic E-state index is 12.8. The van der Waals surface area contributed by atoms with Gasteiger partial charge >= 0.3 is 12.1 Å². The van der Waals surface area contributed by atoms with Crippen LogP contribution in [0.5, 0.6) is 0 Å². The quantitative estimate of drug-likeness (QED) is 0.715. The Kier molecular flexibility index (Phi) is 4.49. The predicted molar refractivity (Wildman–Crippen MR) is 106 cm³/mol. The molecule has 148 valence electrons. The maximum Gasteiger partial charge on any atom is 0.411 e. The van der Waals surface area contributed by atoms with Crippen molar-refractivity contribution < 1.29 is 19.4 Å². The van der Waals surface area contributed by atoms with Crippen molar-refractivity contribution in [2.75, 3.05) is 0 Å². The molecule has 4 rings (SSSR count). The molecule has 1 aliphatic heterocycles. The second kappa shape index (κ2) is 6.62. The number of ether oxygens (including phenoxy) is 1. The Balaban J connectivity index is 1.69. The number of hydrogen-bond acceptors (Lipinski definition) is 4. The van der Waals surface area contributed by atoms with Crippen LogP contribution < -0.4 is 0 Å². The number of nitrogens with one attached hydrogen (secondary N) is 1. The van der Waals surface area contributed by atoms with Crippen LogP contribution >= 0.6 is 15.9 Å². The zero-order valence-corrected chi connectivity index (χ0v) is 17.5. The molecule has 7 nitrogen and oxygen atoms in total.